The van der Waals surface area contributed by atoms with Crippen LogP contribution in [-0.2, 0) is 0 Å². The van der Waals surface area contributed by atoms with Gasteiger partial charge in [-0.05, 0) is 76.2 Å². The standard InChI is InChI=1S/C16H25NO/c1-12-4-5-13(2)16(10-12)18-15-8-6-14(7-9-15)11-17-3/h4-5,10,14-15,17H,6-9,11H2,1-3H3. The van der Waals surface area contributed by atoms with Crippen molar-refractivity contribution in [2.75, 3.05) is 13.6 Å². The summed E-state index contributed by atoms with van der Waals surface area (Å²) in [5.74, 6) is 1.92. The molecule has 2 rings (SSSR count). The molecule has 1 aromatic carbocycles. The van der Waals surface area contributed by atoms with Crippen LogP contribution in [0.25, 0.3) is 0 Å². The van der Waals surface area contributed by atoms with Crippen molar-refractivity contribution in [1.82, 2.24) is 5.32 Å². The first-order chi connectivity index (χ1) is 8.69. The average molecular weight is 247 g/mol. The van der Waals surface area contributed by atoms with Crippen molar-refractivity contribution in [3.63, 3.8) is 0 Å². The van der Waals surface area contributed by atoms with Crippen LogP contribution in [0.5, 0.6) is 5.75 Å². The van der Waals surface area contributed by atoms with Gasteiger partial charge in [-0.25, -0.2) is 0 Å². The van der Waals surface area contributed by atoms with Crippen molar-refractivity contribution in [1.29, 1.82) is 0 Å². The average Bonchev–Trinajstić information content (AvgIpc) is 2.37. The minimum absolute atomic E-state index is 0.415. The van der Waals surface area contributed by atoms with Crippen molar-refractivity contribution in [3.8, 4) is 5.75 Å². The monoisotopic (exact) mass is 247 g/mol. The van der Waals surface area contributed by atoms with E-state index >= 15 is 0 Å². The summed E-state index contributed by atoms with van der Waals surface area (Å²) in [4.78, 5) is 0. The normalized spacial score (nSPS) is 23.9. The van der Waals surface area contributed by atoms with Gasteiger partial charge < -0.3 is 10.1 Å². The van der Waals surface area contributed by atoms with E-state index < -0.39 is 0 Å². The van der Waals surface area contributed by atoms with E-state index in [1.165, 1.54) is 36.8 Å². The molecule has 1 aromatic rings. The summed E-state index contributed by atoms with van der Waals surface area (Å²) in [6.07, 6.45) is 5.38. The Kier molecular flexibility index (Phi) is 4.65. The van der Waals surface area contributed by atoms with Gasteiger partial charge in [-0.15, -0.1) is 0 Å². The molecule has 0 aromatic heterocycles. The lowest BCUT2D eigenvalue weighted by Crippen LogP contribution is -2.29. The summed E-state index contributed by atoms with van der Waals surface area (Å²) in [7, 11) is 2.04. The lowest BCUT2D eigenvalue weighted by Gasteiger charge is -2.29. The maximum absolute atomic E-state index is 6.17. The second kappa shape index (κ2) is 6.24. The number of rotatable bonds is 4. The predicted octanol–water partition coefficient (Wildman–Crippen LogP) is 3.46. The molecule has 1 fully saturated rings. The minimum atomic E-state index is 0.415. The molecule has 0 atom stereocenters. The molecular weight excluding hydrogens is 222 g/mol. The molecule has 1 aliphatic carbocycles. The van der Waals surface area contributed by atoms with Gasteiger partial charge in [0.2, 0.25) is 0 Å². The Morgan fingerprint density at radius 3 is 2.56 bits per heavy atom. The number of nitrogens with one attached hydrogen (secondary N) is 1. The van der Waals surface area contributed by atoms with Crippen LogP contribution in [0.1, 0.15) is 36.8 Å². The van der Waals surface area contributed by atoms with Gasteiger partial charge in [-0.2, -0.15) is 0 Å². The highest BCUT2D eigenvalue weighted by Crippen LogP contribution is 2.29. The molecule has 0 amide bonds. The molecule has 18 heavy (non-hydrogen) atoms. The number of hydrogen-bond acceptors (Lipinski definition) is 2. The minimum Gasteiger partial charge on any atom is -0.490 e. The van der Waals surface area contributed by atoms with Gasteiger partial charge in [0, 0.05) is 0 Å². The maximum atomic E-state index is 6.17. The lowest BCUT2D eigenvalue weighted by atomic mass is 9.87. The molecule has 0 heterocycles. The van der Waals surface area contributed by atoms with Crippen molar-refractivity contribution in [3.05, 3.63) is 29.3 Å². The first-order valence-electron chi connectivity index (χ1n) is 7.07. The summed E-state index contributed by atoms with van der Waals surface area (Å²) in [5.41, 5.74) is 2.53. The van der Waals surface area contributed by atoms with E-state index in [0.717, 1.165) is 18.2 Å². The van der Waals surface area contributed by atoms with Gasteiger partial charge in [-0.3, -0.25) is 0 Å². The van der Waals surface area contributed by atoms with E-state index in [1.54, 1.807) is 0 Å². The molecule has 1 saturated carbocycles. The molecule has 1 N–H and O–H groups in total. The molecule has 100 valence electrons. The summed E-state index contributed by atoms with van der Waals surface area (Å²) in [6.45, 7) is 5.40. The molecule has 0 bridgehead atoms. The highest BCUT2D eigenvalue weighted by Gasteiger charge is 2.22. The number of aryl methyl sites for hydroxylation is 2. The Morgan fingerprint density at radius 2 is 1.89 bits per heavy atom. The third kappa shape index (κ3) is 3.49. The molecule has 2 heteroatoms. The van der Waals surface area contributed by atoms with Gasteiger partial charge in [0.15, 0.2) is 0 Å². The smallest absolute Gasteiger partial charge is 0.122 e. The third-order valence-electron chi connectivity index (χ3n) is 3.92. The fourth-order valence-corrected chi connectivity index (χ4v) is 2.76. The molecule has 0 radical (unpaired) electrons. The molecule has 1 aliphatic rings. The Hall–Kier alpha value is -1.02. The number of hydrogen-bond donors (Lipinski definition) is 1. The Balaban J connectivity index is 1.89. The predicted molar refractivity (Wildman–Crippen MR) is 76.2 cm³/mol. The van der Waals surface area contributed by atoms with E-state index in [2.05, 4.69) is 37.4 Å². The fraction of sp³-hybridized carbons (Fsp3) is 0.625. The first kappa shape index (κ1) is 13.4. The topological polar surface area (TPSA) is 21.3 Å². The van der Waals surface area contributed by atoms with Crippen molar-refractivity contribution in [2.24, 2.45) is 5.92 Å². The van der Waals surface area contributed by atoms with Crippen LogP contribution in [0.15, 0.2) is 18.2 Å². The highest BCUT2D eigenvalue weighted by molar-refractivity contribution is 5.36. The molecule has 0 aliphatic heterocycles. The summed E-state index contributed by atoms with van der Waals surface area (Å²) in [6, 6.07) is 6.46. The Morgan fingerprint density at radius 1 is 1.17 bits per heavy atom. The van der Waals surface area contributed by atoms with Crippen LogP contribution in [0.2, 0.25) is 0 Å². The molecule has 0 saturated heterocycles. The van der Waals surface area contributed by atoms with Gasteiger partial charge in [0.1, 0.15) is 5.75 Å². The lowest BCUT2D eigenvalue weighted by molar-refractivity contribution is 0.130. The molecule has 2 nitrogen and oxygen atoms in total. The van der Waals surface area contributed by atoms with Crippen LogP contribution in [0.3, 0.4) is 0 Å². The highest BCUT2D eigenvalue weighted by atomic mass is 16.5. The second-order valence-electron chi connectivity index (χ2n) is 5.59. The van der Waals surface area contributed by atoms with Crippen molar-refractivity contribution >= 4 is 0 Å². The zero-order valence-corrected chi connectivity index (χ0v) is 11.8. The van der Waals surface area contributed by atoms with E-state index in [9.17, 15) is 0 Å². The van der Waals surface area contributed by atoms with Gasteiger partial charge in [0.25, 0.3) is 0 Å². The van der Waals surface area contributed by atoms with Crippen LogP contribution >= 0.6 is 0 Å². The number of ether oxygens (including phenoxy) is 1. The van der Waals surface area contributed by atoms with Gasteiger partial charge in [0.05, 0.1) is 6.10 Å². The van der Waals surface area contributed by atoms with E-state index in [1.807, 2.05) is 7.05 Å². The largest absolute Gasteiger partial charge is 0.490 e. The van der Waals surface area contributed by atoms with E-state index in [-0.39, 0.29) is 0 Å². The Labute approximate surface area is 111 Å². The van der Waals surface area contributed by atoms with Gasteiger partial charge in [-0.1, -0.05) is 12.1 Å². The van der Waals surface area contributed by atoms with Crippen LogP contribution in [0, 0.1) is 19.8 Å². The summed E-state index contributed by atoms with van der Waals surface area (Å²) in [5, 5.41) is 3.28. The van der Waals surface area contributed by atoms with E-state index in [0.29, 0.717) is 6.10 Å². The zero-order valence-electron chi connectivity index (χ0n) is 11.8. The molecular formula is C16H25NO. The van der Waals surface area contributed by atoms with Crippen molar-refractivity contribution < 1.29 is 4.74 Å². The quantitative estimate of drug-likeness (QED) is 0.879. The molecule has 0 unspecified atom stereocenters. The van der Waals surface area contributed by atoms with E-state index in [4.69, 9.17) is 4.74 Å². The van der Waals surface area contributed by atoms with Crippen molar-refractivity contribution in [2.45, 2.75) is 45.6 Å². The number of benzene rings is 1. The Bertz CT molecular complexity index is 381. The van der Waals surface area contributed by atoms with Crippen LogP contribution < -0.4 is 10.1 Å². The molecule has 0 spiro atoms. The fourth-order valence-electron chi connectivity index (χ4n) is 2.76. The van der Waals surface area contributed by atoms with Gasteiger partial charge >= 0.3 is 0 Å². The second-order valence-corrected chi connectivity index (χ2v) is 5.59. The van der Waals surface area contributed by atoms with Crippen LogP contribution in [-0.4, -0.2) is 19.7 Å². The SMILES string of the molecule is CNCC1CCC(Oc2cc(C)ccc2C)CC1. The summed E-state index contributed by atoms with van der Waals surface area (Å²) < 4.78 is 6.17. The third-order valence-corrected chi connectivity index (χ3v) is 3.92. The zero-order chi connectivity index (χ0) is 13.0. The van der Waals surface area contributed by atoms with Crippen LogP contribution in [0.4, 0.5) is 0 Å². The summed E-state index contributed by atoms with van der Waals surface area (Å²) >= 11 is 0. The first-order valence-corrected chi connectivity index (χ1v) is 7.07. The maximum Gasteiger partial charge on any atom is 0.122 e.